The van der Waals surface area contributed by atoms with Crippen molar-refractivity contribution < 1.29 is 13.6 Å². The van der Waals surface area contributed by atoms with Gasteiger partial charge >= 0.3 is 0 Å². The summed E-state index contributed by atoms with van der Waals surface area (Å²) in [6, 6.07) is 15.6. The molecular formula is C19H16FN3O2S. The van der Waals surface area contributed by atoms with Crippen molar-refractivity contribution in [2.24, 2.45) is 0 Å². The van der Waals surface area contributed by atoms with E-state index in [1.807, 2.05) is 30.3 Å². The van der Waals surface area contributed by atoms with E-state index in [4.69, 9.17) is 4.42 Å². The standard InChI is InChI=1S/C19H16FN3O2S/c20-14-8-6-13(7-9-14)18-22-23-19(25-18)26-16(12-4-2-1-3-5-12)17(24)21-15-10-11-15/h1-9,15-16H,10-11H2,(H,21,24)/t16-/m0/s1. The minimum atomic E-state index is -0.474. The van der Waals surface area contributed by atoms with Gasteiger partial charge in [0.2, 0.25) is 11.8 Å². The molecule has 0 aliphatic heterocycles. The first-order valence-electron chi connectivity index (χ1n) is 8.30. The number of thioether (sulfide) groups is 1. The summed E-state index contributed by atoms with van der Waals surface area (Å²) in [6.07, 6.45) is 2.04. The fraction of sp³-hybridized carbons (Fsp3) is 0.211. The van der Waals surface area contributed by atoms with Crippen molar-refractivity contribution in [3.8, 4) is 11.5 Å². The molecular weight excluding hydrogens is 353 g/mol. The Morgan fingerprint density at radius 3 is 2.54 bits per heavy atom. The second-order valence-electron chi connectivity index (χ2n) is 6.07. The molecule has 1 aliphatic carbocycles. The van der Waals surface area contributed by atoms with Crippen LogP contribution in [0.25, 0.3) is 11.5 Å². The summed E-state index contributed by atoms with van der Waals surface area (Å²) >= 11 is 1.21. The molecule has 132 valence electrons. The minimum Gasteiger partial charge on any atom is -0.411 e. The Labute approximate surface area is 154 Å². The van der Waals surface area contributed by atoms with Crippen LogP contribution in [-0.4, -0.2) is 22.1 Å². The van der Waals surface area contributed by atoms with Gasteiger partial charge in [0, 0.05) is 11.6 Å². The van der Waals surface area contributed by atoms with Gasteiger partial charge in [0.25, 0.3) is 5.22 Å². The third kappa shape index (κ3) is 3.94. The molecule has 26 heavy (non-hydrogen) atoms. The summed E-state index contributed by atoms with van der Waals surface area (Å²) in [5.41, 5.74) is 1.50. The fourth-order valence-electron chi connectivity index (χ4n) is 2.47. The van der Waals surface area contributed by atoms with Crippen molar-refractivity contribution in [3.05, 3.63) is 66.0 Å². The molecule has 1 aliphatic rings. The summed E-state index contributed by atoms with van der Waals surface area (Å²) in [5.74, 6) is -0.101. The van der Waals surface area contributed by atoms with E-state index in [1.54, 1.807) is 12.1 Å². The third-order valence-corrected chi connectivity index (χ3v) is 5.07. The van der Waals surface area contributed by atoms with Gasteiger partial charge in [-0.25, -0.2) is 4.39 Å². The number of rotatable bonds is 6. The van der Waals surface area contributed by atoms with E-state index >= 15 is 0 Å². The highest BCUT2D eigenvalue weighted by Gasteiger charge is 2.30. The van der Waals surface area contributed by atoms with E-state index in [1.165, 1.54) is 23.9 Å². The van der Waals surface area contributed by atoms with Crippen molar-refractivity contribution in [2.45, 2.75) is 29.4 Å². The highest BCUT2D eigenvalue weighted by Crippen LogP contribution is 2.36. The summed E-state index contributed by atoms with van der Waals surface area (Å²) < 4.78 is 18.7. The Balaban J connectivity index is 1.55. The zero-order valence-electron chi connectivity index (χ0n) is 13.8. The van der Waals surface area contributed by atoms with Crippen molar-refractivity contribution >= 4 is 17.7 Å². The number of benzene rings is 2. The number of carbonyl (C=O) groups is 1. The number of halogens is 1. The van der Waals surface area contributed by atoms with E-state index < -0.39 is 5.25 Å². The molecule has 1 saturated carbocycles. The van der Waals surface area contributed by atoms with Crippen molar-refractivity contribution in [2.75, 3.05) is 0 Å². The van der Waals surface area contributed by atoms with Crippen LogP contribution in [0.1, 0.15) is 23.7 Å². The minimum absolute atomic E-state index is 0.0646. The Morgan fingerprint density at radius 2 is 1.85 bits per heavy atom. The molecule has 1 atom stereocenters. The lowest BCUT2D eigenvalue weighted by Crippen LogP contribution is -2.29. The van der Waals surface area contributed by atoms with Gasteiger partial charge < -0.3 is 9.73 Å². The van der Waals surface area contributed by atoms with Crippen LogP contribution in [0, 0.1) is 5.82 Å². The quantitative estimate of drug-likeness (QED) is 0.666. The van der Waals surface area contributed by atoms with Crippen LogP contribution in [0.2, 0.25) is 0 Å². The second kappa shape index (κ2) is 7.29. The first-order valence-corrected chi connectivity index (χ1v) is 9.18. The van der Waals surface area contributed by atoms with Crippen molar-refractivity contribution in [1.29, 1.82) is 0 Å². The van der Waals surface area contributed by atoms with Crippen LogP contribution in [-0.2, 0) is 4.79 Å². The molecule has 3 aromatic rings. The summed E-state index contributed by atoms with van der Waals surface area (Å²) in [7, 11) is 0. The highest BCUT2D eigenvalue weighted by molar-refractivity contribution is 8.00. The monoisotopic (exact) mass is 369 g/mol. The Kier molecular flexibility index (Phi) is 4.71. The molecule has 1 N–H and O–H groups in total. The van der Waals surface area contributed by atoms with Crippen molar-refractivity contribution in [1.82, 2.24) is 15.5 Å². The molecule has 1 amide bonds. The maximum atomic E-state index is 13.1. The summed E-state index contributed by atoms with van der Waals surface area (Å²) in [4.78, 5) is 12.6. The molecule has 0 bridgehead atoms. The number of carbonyl (C=O) groups excluding carboxylic acids is 1. The van der Waals surface area contributed by atoms with Gasteiger partial charge in [-0.1, -0.05) is 30.3 Å². The largest absolute Gasteiger partial charge is 0.411 e. The second-order valence-corrected chi connectivity index (χ2v) is 7.13. The topological polar surface area (TPSA) is 68.0 Å². The molecule has 5 nitrogen and oxygen atoms in total. The summed E-state index contributed by atoms with van der Waals surface area (Å²) in [5, 5.41) is 10.9. The molecule has 7 heteroatoms. The fourth-order valence-corrected chi connectivity index (χ4v) is 3.36. The average Bonchev–Trinajstić information content (AvgIpc) is 3.35. The van der Waals surface area contributed by atoms with E-state index in [9.17, 15) is 9.18 Å². The van der Waals surface area contributed by atoms with Crippen LogP contribution in [0.3, 0.4) is 0 Å². The van der Waals surface area contributed by atoms with Gasteiger partial charge in [-0.2, -0.15) is 0 Å². The number of nitrogens with one attached hydrogen (secondary N) is 1. The maximum Gasteiger partial charge on any atom is 0.277 e. The SMILES string of the molecule is O=C(NC1CC1)[C@@H](Sc1nnc(-c2ccc(F)cc2)o1)c1ccccc1. The predicted octanol–water partition coefficient (Wildman–Crippen LogP) is 3.99. The van der Waals surface area contributed by atoms with E-state index in [0.717, 1.165) is 18.4 Å². The van der Waals surface area contributed by atoms with Gasteiger partial charge in [0.15, 0.2) is 0 Å². The van der Waals surface area contributed by atoms with Gasteiger partial charge in [-0.3, -0.25) is 4.79 Å². The number of amides is 1. The number of aromatic nitrogens is 2. The number of hydrogen-bond donors (Lipinski definition) is 1. The smallest absolute Gasteiger partial charge is 0.277 e. The predicted molar refractivity (Wildman–Crippen MR) is 95.9 cm³/mol. The van der Waals surface area contributed by atoms with Crippen LogP contribution < -0.4 is 5.32 Å². The van der Waals surface area contributed by atoms with Crippen LogP contribution >= 0.6 is 11.8 Å². The molecule has 1 aromatic heterocycles. The Bertz CT molecular complexity index is 895. The van der Waals surface area contributed by atoms with Crippen molar-refractivity contribution in [3.63, 3.8) is 0 Å². The lowest BCUT2D eigenvalue weighted by atomic mass is 10.1. The third-order valence-electron chi connectivity index (χ3n) is 3.98. The summed E-state index contributed by atoms with van der Waals surface area (Å²) in [6.45, 7) is 0. The number of hydrogen-bond acceptors (Lipinski definition) is 5. The first-order chi connectivity index (χ1) is 12.7. The molecule has 4 rings (SSSR count). The molecule has 0 saturated heterocycles. The lowest BCUT2D eigenvalue weighted by molar-refractivity contribution is -0.120. The number of nitrogens with zero attached hydrogens (tertiary/aromatic N) is 2. The zero-order chi connectivity index (χ0) is 17.9. The zero-order valence-corrected chi connectivity index (χ0v) is 14.6. The molecule has 1 heterocycles. The van der Waals surface area contributed by atoms with E-state index in [2.05, 4.69) is 15.5 Å². The first kappa shape index (κ1) is 16.8. The van der Waals surface area contributed by atoms with E-state index in [0.29, 0.717) is 16.7 Å². The Morgan fingerprint density at radius 1 is 1.12 bits per heavy atom. The van der Waals surface area contributed by atoms with Crippen LogP contribution in [0.15, 0.2) is 64.2 Å². The molecule has 0 spiro atoms. The lowest BCUT2D eigenvalue weighted by Gasteiger charge is -2.14. The van der Waals surface area contributed by atoms with Gasteiger partial charge in [0.1, 0.15) is 11.1 Å². The normalized spacial score (nSPS) is 14.8. The van der Waals surface area contributed by atoms with Gasteiger partial charge in [-0.05, 0) is 54.4 Å². The van der Waals surface area contributed by atoms with Gasteiger partial charge in [-0.15, -0.1) is 10.2 Å². The molecule has 1 fully saturated rings. The highest BCUT2D eigenvalue weighted by atomic mass is 32.2. The molecule has 2 aromatic carbocycles. The molecule has 0 radical (unpaired) electrons. The van der Waals surface area contributed by atoms with E-state index in [-0.39, 0.29) is 17.8 Å². The van der Waals surface area contributed by atoms with Crippen LogP contribution in [0.5, 0.6) is 0 Å². The molecule has 0 unspecified atom stereocenters. The Hall–Kier alpha value is -2.67. The maximum absolute atomic E-state index is 13.1. The van der Waals surface area contributed by atoms with Gasteiger partial charge in [0.05, 0.1) is 0 Å². The average molecular weight is 369 g/mol. The van der Waals surface area contributed by atoms with Crippen LogP contribution in [0.4, 0.5) is 4.39 Å².